The van der Waals surface area contributed by atoms with Gasteiger partial charge in [-0.25, -0.2) is 0 Å². The van der Waals surface area contributed by atoms with Crippen LogP contribution in [0.1, 0.15) is 31.7 Å². The number of thiocarbonyl (C=S) groups is 1. The van der Waals surface area contributed by atoms with Crippen LogP contribution >= 0.6 is 12.2 Å². The number of nitrogens with zero attached hydrogens (tertiary/aromatic N) is 2. The number of para-hydroxylation sites is 1. The maximum Gasteiger partial charge on any atom is 0.251 e. The third-order valence-corrected chi connectivity index (χ3v) is 3.58. The van der Waals surface area contributed by atoms with Crippen LogP contribution in [0.5, 0.6) is 5.75 Å². The van der Waals surface area contributed by atoms with Crippen molar-refractivity contribution in [3.05, 3.63) is 30.2 Å². The molecule has 1 heterocycles. The SMILES string of the molecule is CCCNC(=S)N[C@H](CC(N)=O)c1nnc(-c2ccccc2OC)o1. The summed E-state index contributed by atoms with van der Waals surface area (Å²) in [5.74, 6) is 0.613. The second-order valence-corrected chi connectivity index (χ2v) is 5.68. The Morgan fingerprint density at radius 1 is 1.40 bits per heavy atom. The fourth-order valence-corrected chi connectivity index (χ4v) is 2.40. The molecule has 25 heavy (non-hydrogen) atoms. The first-order valence-electron chi connectivity index (χ1n) is 7.84. The fourth-order valence-electron chi connectivity index (χ4n) is 2.15. The molecular weight excluding hydrogens is 342 g/mol. The van der Waals surface area contributed by atoms with E-state index in [-0.39, 0.29) is 18.2 Å². The lowest BCUT2D eigenvalue weighted by Gasteiger charge is -2.16. The molecule has 0 aliphatic carbocycles. The summed E-state index contributed by atoms with van der Waals surface area (Å²) in [5, 5.41) is 14.5. The Kier molecular flexibility index (Phi) is 6.70. The number of carbonyl (C=O) groups excluding carboxylic acids is 1. The van der Waals surface area contributed by atoms with Crippen molar-refractivity contribution in [3.63, 3.8) is 0 Å². The smallest absolute Gasteiger partial charge is 0.251 e. The van der Waals surface area contributed by atoms with E-state index in [9.17, 15) is 4.79 Å². The molecule has 0 aliphatic heterocycles. The highest BCUT2D eigenvalue weighted by molar-refractivity contribution is 7.80. The average molecular weight is 363 g/mol. The van der Waals surface area contributed by atoms with Crippen molar-refractivity contribution >= 4 is 23.2 Å². The van der Waals surface area contributed by atoms with E-state index < -0.39 is 11.9 Å². The molecule has 0 unspecified atom stereocenters. The van der Waals surface area contributed by atoms with Crippen molar-refractivity contribution in [1.29, 1.82) is 0 Å². The van der Waals surface area contributed by atoms with Gasteiger partial charge in [-0.3, -0.25) is 4.79 Å². The number of methoxy groups -OCH3 is 1. The van der Waals surface area contributed by atoms with E-state index in [4.69, 9.17) is 27.1 Å². The van der Waals surface area contributed by atoms with Crippen molar-refractivity contribution in [3.8, 4) is 17.2 Å². The van der Waals surface area contributed by atoms with Crippen molar-refractivity contribution in [2.24, 2.45) is 5.73 Å². The van der Waals surface area contributed by atoms with Crippen LogP contribution in [0.25, 0.3) is 11.5 Å². The highest BCUT2D eigenvalue weighted by atomic mass is 32.1. The minimum atomic E-state index is -0.606. The number of primary amides is 1. The molecule has 0 aliphatic rings. The maximum absolute atomic E-state index is 11.4. The summed E-state index contributed by atoms with van der Waals surface area (Å²) in [6.07, 6.45) is 0.891. The molecule has 0 fully saturated rings. The summed E-state index contributed by atoms with van der Waals surface area (Å²) in [6, 6.07) is 6.67. The number of nitrogens with one attached hydrogen (secondary N) is 2. The average Bonchev–Trinajstić information content (AvgIpc) is 3.08. The van der Waals surface area contributed by atoms with Crippen LogP contribution in [0, 0.1) is 0 Å². The second kappa shape index (κ2) is 8.97. The van der Waals surface area contributed by atoms with E-state index in [1.165, 1.54) is 0 Å². The highest BCUT2D eigenvalue weighted by Crippen LogP contribution is 2.29. The Morgan fingerprint density at radius 3 is 2.84 bits per heavy atom. The molecule has 9 heteroatoms. The summed E-state index contributed by atoms with van der Waals surface area (Å²) in [5.41, 5.74) is 5.98. The van der Waals surface area contributed by atoms with Crippen LogP contribution in [0.3, 0.4) is 0 Å². The van der Waals surface area contributed by atoms with E-state index in [1.54, 1.807) is 19.2 Å². The van der Waals surface area contributed by atoms with Gasteiger partial charge in [-0.1, -0.05) is 19.1 Å². The van der Waals surface area contributed by atoms with E-state index in [1.807, 2.05) is 19.1 Å². The van der Waals surface area contributed by atoms with Gasteiger partial charge in [0.1, 0.15) is 11.8 Å². The van der Waals surface area contributed by atoms with Crippen molar-refractivity contribution in [2.75, 3.05) is 13.7 Å². The van der Waals surface area contributed by atoms with Gasteiger partial charge in [-0.15, -0.1) is 10.2 Å². The van der Waals surface area contributed by atoms with Gasteiger partial charge in [0.2, 0.25) is 11.8 Å². The van der Waals surface area contributed by atoms with Crippen LogP contribution in [0.15, 0.2) is 28.7 Å². The zero-order chi connectivity index (χ0) is 18.2. The number of nitrogens with two attached hydrogens (primary N) is 1. The number of benzene rings is 1. The van der Waals surface area contributed by atoms with Crippen LogP contribution in [0.2, 0.25) is 0 Å². The minimum Gasteiger partial charge on any atom is -0.496 e. The fraction of sp³-hybridized carbons (Fsp3) is 0.375. The molecule has 0 bridgehead atoms. The number of hydrogen-bond acceptors (Lipinski definition) is 6. The number of ether oxygens (including phenoxy) is 1. The molecule has 0 saturated carbocycles. The second-order valence-electron chi connectivity index (χ2n) is 5.27. The molecule has 1 atom stereocenters. The molecule has 8 nitrogen and oxygen atoms in total. The van der Waals surface area contributed by atoms with Crippen LogP contribution in [-0.2, 0) is 4.79 Å². The summed E-state index contributed by atoms with van der Waals surface area (Å²) in [7, 11) is 1.56. The Balaban J connectivity index is 2.22. The van der Waals surface area contributed by atoms with E-state index in [0.717, 1.165) is 6.42 Å². The number of amides is 1. The van der Waals surface area contributed by atoms with Crippen molar-refractivity contribution < 1.29 is 13.9 Å². The predicted molar refractivity (Wildman–Crippen MR) is 96.9 cm³/mol. The van der Waals surface area contributed by atoms with Crippen LogP contribution in [-0.4, -0.2) is 34.9 Å². The zero-order valence-electron chi connectivity index (χ0n) is 14.1. The lowest BCUT2D eigenvalue weighted by molar-refractivity contribution is -0.118. The zero-order valence-corrected chi connectivity index (χ0v) is 14.9. The van der Waals surface area contributed by atoms with Crippen LogP contribution < -0.4 is 21.1 Å². The van der Waals surface area contributed by atoms with E-state index in [2.05, 4.69) is 20.8 Å². The molecule has 0 spiro atoms. The van der Waals surface area contributed by atoms with Gasteiger partial charge in [0.25, 0.3) is 5.89 Å². The molecule has 1 amide bonds. The third kappa shape index (κ3) is 5.15. The minimum absolute atomic E-state index is 0.0263. The van der Waals surface area contributed by atoms with Crippen LogP contribution in [0.4, 0.5) is 0 Å². The van der Waals surface area contributed by atoms with Gasteiger partial charge in [0.05, 0.1) is 19.1 Å². The first-order valence-corrected chi connectivity index (χ1v) is 8.25. The summed E-state index contributed by atoms with van der Waals surface area (Å²) in [4.78, 5) is 11.4. The molecule has 2 rings (SSSR count). The van der Waals surface area contributed by atoms with E-state index >= 15 is 0 Å². The van der Waals surface area contributed by atoms with Gasteiger partial charge in [-0.05, 0) is 30.8 Å². The molecule has 1 aromatic carbocycles. The Labute approximate surface area is 151 Å². The lowest BCUT2D eigenvalue weighted by atomic mass is 10.2. The van der Waals surface area contributed by atoms with Gasteiger partial charge >= 0.3 is 0 Å². The molecule has 4 N–H and O–H groups in total. The quantitative estimate of drug-likeness (QED) is 0.605. The number of carbonyl (C=O) groups is 1. The standard InChI is InChI=1S/C16H21N5O3S/c1-3-8-18-16(25)19-11(9-13(17)22)15-21-20-14(24-15)10-6-4-5-7-12(10)23-2/h4-7,11H,3,8-9H2,1-2H3,(H2,17,22)(H2,18,19,25)/t11-/m1/s1. The van der Waals surface area contributed by atoms with Crippen molar-refractivity contribution in [1.82, 2.24) is 20.8 Å². The van der Waals surface area contributed by atoms with Gasteiger partial charge in [-0.2, -0.15) is 0 Å². The topological polar surface area (TPSA) is 115 Å². The molecule has 2 aromatic rings. The Bertz CT molecular complexity index is 734. The Morgan fingerprint density at radius 2 is 2.16 bits per heavy atom. The largest absolute Gasteiger partial charge is 0.496 e. The molecule has 134 valence electrons. The lowest BCUT2D eigenvalue weighted by Crippen LogP contribution is -2.39. The predicted octanol–water partition coefficient (Wildman–Crippen LogP) is 1.54. The highest BCUT2D eigenvalue weighted by Gasteiger charge is 2.23. The third-order valence-electron chi connectivity index (χ3n) is 3.32. The number of hydrogen-bond donors (Lipinski definition) is 3. The molecule has 0 radical (unpaired) electrons. The maximum atomic E-state index is 11.4. The van der Waals surface area contributed by atoms with Gasteiger partial charge < -0.3 is 25.5 Å². The normalized spacial score (nSPS) is 11.6. The Hall–Kier alpha value is -2.68. The first kappa shape index (κ1) is 18.7. The first-order chi connectivity index (χ1) is 12.0. The van der Waals surface area contributed by atoms with Gasteiger partial charge in [0, 0.05) is 6.54 Å². The van der Waals surface area contributed by atoms with Gasteiger partial charge in [0.15, 0.2) is 5.11 Å². The molecule has 1 aromatic heterocycles. The number of aromatic nitrogens is 2. The molecule has 0 saturated heterocycles. The summed E-state index contributed by atoms with van der Waals surface area (Å²) in [6.45, 7) is 2.74. The molecular formula is C16H21N5O3S. The monoisotopic (exact) mass is 363 g/mol. The van der Waals surface area contributed by atoms with E-state index in [0.29, 0.717) is 23.0 Å². The van der Waals surface area contributed by atoms with Crippen molar-refractivity contribution in [2.45, 2.75) is 25.8 Å². The summed E-state index contributed by atoms with van der Waals surface area (Å²) >= 11 is 5.20. The number of rotatable bonds is 8. The summed E-state index contributed by atoms with van der Waals surface area (Å²) < 4.78 is 11.0.